The lowest BCUT2D eigenvalue weighted by Gasteiger charge is -2.45. The number of hydrogen-bond donors (Lipinski definition) is 0. The van der Waals surface area contributed by atoms with Crippen molar-refractivity contribution in [3.05, 3.63) is 109 Å². The third-order valence-corrected chi connectivity index (χ3v) is 9.54. The van der Waals surface area contributed by atoms with Gasteiger partial charge in [0.05, 0.1) is 0 Å². The Labute approximate surface area is 218 Å². The number of rotatable bonds is 2. The number of benzene rings is 6. The Balaban J connectivity index is 1.36. The molecule has 0 spiro atoms. The van der Waals surface area contributed by atoms with Crippen molar-refractivity contribution in [1.82, 2.24) is 0 Å². The average Bonchev–Trinajstić information content (AvgIpc) is 3.19. The largest absolute Gasteiger partial charge is 0.335 e. The van der Waals surface area contributed by atoms with Crippen LogP contribution in [0.2, 0.25) is 0 Å². The maximum absolute atomic E-state index is 2.66. The molecule has 1 nitrogen and oxygen atoms in total. The van der Waals surface area contributed by atoms with Crippen molar-refractivity contribution in [2.24, 2.45) is 5.92 Å². The first kappa shape index (κ1) is 21.3. The zero-order valence-corrected chi connectivity index (χ0v) is 21.5. The molecule has 8 rings (SSSR count). The van der Waals surface area contributed by atoms with Crippen LogP contribution in [0, 0.1) is 5.92 Å². The van der Waals surface area contributed by atoms with Crippen molar-refractivity contribution >= 4 is 43.7 Å². The van der Waals surface area contributed by atoms with Gasteiger partial charge in [-0.1, -0.05) is 85.8 Å². The van der Waals surface area contributed by atoms with Gasteiger partial charge in [-0.25, -0.2) is 0 Å². The van der Waals surface area contributed by atoms with E-state index in [-0.39, 0.29) is 5.54 Å². The molecule has 1 heterocycles. The van der Waals surface area contributed by atoms with E-state index in [4.69, 9.17) is 0 Å². The minimum absolute atomic E-state index is 0.122. The lowest BCUT2D eigenvalue weighted by Crippen LogP contribution is -2.46. The summed E-state index contributed by atoms with van der Waals surface area (Å²) < 4.78 is 0. The van der Waals surface area contributed by atoms with Crippen LogP contribution < -0.4 is 4.90 Å². The second-order valence-corrected chi connectivity index (χ2v) is 11.7. The summed E-state index contributed by atoms with van der Waals surface area (Å²) in [5.41, 5.74) is 7.05. The summed E-state index contributed by atoms with van der Waals surface area (Å²) in [6.07, 6.45) is 3.79. The minimum atomic E-state index is 0.122. The molecule has 0 saturated heterocycles. The lowest BCUT2D eigenvalue weighted by atomic mass is 9.69. The highest BCUT2D eigenvalue weighted by Crippen LogP contribution is 2.58. The van der Waals surface area contributed by atoms with E-state index in [0.29, 0.717) is 5.92 Å². The van der Waals surface area contributed by atoms with Gasteiger partial charge in [0.2, 0.25) is 0 Å². The van der Waals surface area contributed by atoms with Crippen LogP contribution in [0.1, 0.15) is 44.6 Å². The SMILES string of the molecule is CC1CCC2(C)C(C1)c1cc(-c3ccc4ccc5cccc6ccc3c4c56)ccc1N2c1ccccc1. The standard InChI is InChI=1S/C36H31N/c1-23-19-20-36(2)32(21-23)31-22-27(15-18-33(31)37(36)28-9-4-3-5-10-28)29-16-13-26-12-11-24-7-6-8-25-14-17-30(29)35(26)34(24)25/h3-18,22-23,32H,19-21H2,1-2H3. The van der Waals surface area contributed by atoms with Crippen molar-refractivity contribution in [3.63, 3.8) is 0 Å². The van der Waals surface area contributed by atoms with Crippen molar-refractivity contribution in [3.8, 4) is 11.1 Å². The molecule has 0 amide bonds. The molecular formula is C36H31N. The molecule has 6 aromatic carbocycles. The average molecular weight is 478 g/mol. The second-order valence-electron chi connectivity index (χ2n) is 11.7. The van der Waals surface area contributed by atoms with Crippen molar-refractivity contribution in [2.45, 2.75) is 44.6 Å². The fraction of sp³-hybridized carbons (Fsp3) is 0.222. The topological polar surface area (TPSA) is 3.24 Å². The quantitative estimate of drug-likeness (QED) is 0.224. The van der Waals surface area contributed by atoms with Gasteiger partial charge >= 0.3 is 0 Å². The molecule has 1 aliphatic carbocycles. The van der Waals surface area contributed by atoms with Gasteiger partial charge in [-0.15, -0.1) is 0 Å². The van der Waals surface area contributed by atoms with E-state index in [0.717, 1.165) is 5.92 Å². The molecule has 2 aliphatic rings. The summed E-state index contributed by atoms with van der Waals surface area (Å²) in [5.74, 6) is 1.31. The van der Waals surface area contributed by atoms with E-state index in [9.17, 15) is 0 Å². The zero-order chi connectivity index (χ0) is 24.7. The predicted molar refractivity (Wildman–Crippen MR) is 158 cm³/mol. The smallest absolute Gasteiger partial charge is 0.0492 e. The highest BCUT2D eigenvalue weighted by atomic mass is 15.2. The van der Waals surface area contributed by atoms with E-state index in [2.05, 4.69) is 122 Å². The molecule has 1 aliphatic heterocycles. The maximum Gasteiger partial charge on any atom is 0.0492 e. The third kappa shape index (κ3) is 2.92. The fourth-order valence-electron chi connectivity index (χ4n) is 7.69. The van der Waals surface area contributed by atoms with E-state index >= 15 is 0 Å². The van der Waals surface area contributed by atoms with Crippen molar-refractivity contribution < 1.29 is 0 Å². The summed E-state index contributed by atoms with van der Waals surface area (Å²) >= 11 is 0. The van der Waals surface area contributed by atoms with Gasteiger partial charge in [0.25, 0.3) is 0 Å². The molecule has 1 heteroatoms. The second kappa shape index (κ2) is 7.59. The Hall–Kier alpha value is -3.84. The van der Waals surface area contributed by atoms with Gasteiger partial charge in [0.1, 0.15) is 0 Å². The number of hydrogen-bond acceptors (Lipinski definition) is 1. The summed E-state index contributed by atoms with van der Waals surface area (Å²) in [7, 11) is 0. The molecule has 37 heavy (non-hydrogen) atoms. The van der Waals surface area contributed by atoms with Crippen LogP contribution in [0.15, 0.2) is 103 Å². The summed E-state index contributed by atoms with van der Waals surface area (Å²) in [6.45, 7) is 4.95. The van der Waals surface area contributed by atoms with Gasteiger partial charge < -0.3 is 4.90 Å². The Kier molecular flexibility index (Phi) is 4.36. The molecule has 0 bridgehead atoms. The Morgan fingerprint density at radius 1 is 0.730 bits per heavy atom. The van der Waals surface area contributed by atoms with Crippen molar-refractivity contribution in [2.75, 3.05) is 4.90 Å². The zero-order valence-electron chi connectivity index (χ0n) is 21.5. The Morgan fingerprint density at radius 2 is 1.46 bits per heavy atom. The van der Waals surface area contributed by atoms with Gasteiger partial charge in [-0.3, -0.25) is 0 Å². The monoisotopic (exact) mass is 477 g/mol. The maximum atomic E-state index is 2.66. The minimum Gasteiger partial charge on any atom is -0.335 e. The van der Waals surface area contributed by atoms with Gasteiger partial charge in [-0.05, 0) is 105 Å². The molecule has 1 fully saturated rings. The van der Waals surface area contributed by atoms with Crippen LogP contribution in [0.3, 0.4) is 0 Å². The van der Waals surface area contributed by atoms with Gasteiger partial charge in [0, 0.05) is 22.8 Å². The normalized spacial score (nSPS) is 23.1. The first-order chi connectivity index (χ1) is 18.1. The number of anilines is 2. The molecule has 180 valence electrons. The van der Waals surface area contributed by atoms with Gasteiger partial charge in [0.15, 0.2) is 0 Å². The molecule has 3 unspecified atom stereocenters. The van der Waals surface area contributed by atoms with E-state index in [1.54, 1.807) is 0 Å². The predicted octanol–water partition coefficient (Wildman–Crippen LogP) is 10.1. The number of para-hydroxylation sites is 1. The number of nitrogens with zero attached hydrogens (tertiary/aromatic N) is 1. The van der Waals surface area contributed by atoms with E-state index in [1.807, 2.05) is 0 Å². The van der Waals surface area contributed by atoms with Gasteiger partial charge in [-0.2, -0.15) is 0 Å². The van der Waals surface area contributed by atoms with Crippen LogP contribution in [0.25, 0.3) is 43.4 Å². The third-order valence-electron chi connectivity index (χ3n) is 9.54. The Morgan fingerprint density at radius 3 is 2.27 bits per heavy atom. The summed E-state index contributed by atoms with van der Waals surface area (Å²) in [5, 5.41) is 8.13. The van der Waals surface area contributed by atoms with Crippen LogP contribution >= 0.6 is 0 Å². The molecular weight excluding hydrogens is 446 g/mol. The molecule has 0 N–H and O–H groups in total. The van der Waals surface area contributed by atoms with Crippen LogP contribution in [-0.2, 0) is 0 Å². The van der Waals surface area contributed by atoms with Crippen LogP contribution in [-0.4, -0.2) is 5.54 Å². The lowest BCUT2D eigenvalue weighted by molar-refractivity contribution is 0.237. The molecule has 0 radical (unpaired) electrons. The van der Waals surface area contributed by atoms with Crippen LogP contribution in [0.5, 0.6) is 0 Å². The van der Waals surface area contributed by atoms with E-state index in [1.165, 1.54) is 79.6 Å². The molecule has 1 saturated carbocycles. The summed E-state index contributed by atoms with van der Waals surface area (Å²) in [4.78, 5) is 2.66. The van der Waals surface area contributed by atoms with E-state index < -0.39 is 0 Å². The molecule has 3 atom stereocenters. The van der Waals surface area contributed by atoms with Crippen molar-refractivity contribution in [1.29, 1.82) is 0 Å². The highest BCUT2D eigenvalue weighted by Gasteiger charge is 2.51. The highest BCUT2D eigenvalue weighted by molar-refractivity contribution is 6.25. The first-order valence-corrected chi connectivity index (χ1v) is 13.8. The number of fused-ring (bicyclic) bond motifs is 3. The first-order valence-electron chi connectivity index (χ1n) is 13.8. The molecule has 6 aromatic rings. The van der Waals surface area contributed by atoms with Crippen LogP contribution in [0.4, 0.5) is 11.4 Å². The Bertz CT molecular complexity index is 1780. The molecule has 0 aromatic heterocycles. The summed E-state index contributed by atoms with van der Waals surface area (Å²) in [6, 6.07) is 38.9. The fourth-order valence-corrected chi connectivity index (χ4v) is 7.69.